The van der Waals surface area contributed by atoms with Gasteiger partial charge in [0.1, 0.15) is 12.7 Å². The standard InChI is InChI=1S/C20H20N4O3/c1-2-18(19(25)23-17-6-4-3-5-7-17)27-20(26)16-10-8-15(9-11-16)12-24-14-21-13-22-24/h3-11,13-14,18H,2,12H2,1H3,(H,23,25). The summed E-state index contributed by atoms with van der Waals surface area (Å²) in [5.74, 6) is -0.878. The van der Waals surface area contributed by atoms with Crippen molar-refractivity contribution in [3.63, 3.8) is 0 Å². The molecule has 0 aliphatic rings. The highest BCUT2D eigenvalue weighted by atomic mass is 16.5. The topological polar surface area (TPSA) is 86.1 Å². The second kappa shape index (κ2) is 8.75. The van der Waals surface area contributed by atoms with E-state index < -0.39 is 12.1 Å². The van der Waals surface area contributed by atoms with Gasteiger partial charge >= 0.3 is 5.97 Å². The lowest BCUT2D eigenvalue weighted by molar-refractivity contribution is -0.124. The van der Waals surface area contributed by atoms with Crippen LogP contribution in [0.25, 0.3) is 0 Å². The van der Waals surface area contributed by atoms with Crippen LogP contribution in [-0.2, 0) is 16.1 Å². The number of hydrogen-bond donors (Lipinski definition) is 1. The van der Waals surface area contributed by atoms with Crippen LogP contribution < -0.4 is 5.32 Å². The van der Waals surface area contributed by atoms with Gasteiger partial charge in [0.05, 0.1) is 12.1 Å². The monoisotopic (exact) mass is 364 g/mol. The van der Waals surface area contributed by atoms with Gasteiger partial charge in [-0.15, -0.1) is 0 Å². The molecule has 138 valence electrons. The van der Waals surface area contributed by atoms with Crippen LogP contribution in [0, 0.1) is 0 Å². The van der Waals surface area contributed by atoms with E-state index in [0.29, 0.717) is 24.2 Å². The molecule has 0 radical (unpaired) electrons. The Hall–Kier alpha value is -3.48. The third-order valence-corrected chi connectivity index (χ3v) is 3.95. The Morgan fingerprint density at radius 1 is 1.11 bits per heavy atom. The summed E-state index contributed by atoms with van der Waals surface area (Å²) in [5, 5.41) is 6.79. The number of esters is 1. The van der Waals surface area contributed by atoms with Crippen LogP contribution in [0.4, 0.5) is 5.69 Å². The predicted octanol–water partition coefficient (Wildman–Crippen LogP) is 2.90. The van der Waals surface area contributed by atoms with Crippen molar-refractivity contribution >= 4 is 17.6 Å². The van der Waals surface area contributed by atoms with E-state index in [4.69, 9.17) is 4.74 Å². The Bertz CT molecular complexity index is 877. The van der Waals surface area contributed by atoms with Gasteiger partial charge in [-0.25, -0.2) is 14.5 Å². The second-order valence-corrected chi connectivity index (χ2v) is 5.95. The summed E-state index contributed by atoms with van der Waals surface area (Å²) >= 11 is 0. The second-order valence-electron chi connectivity index (χ2n) is 5.95. The van der Waals surface area contributed by atoms with E-state index in [0.717, 1.165) is 5.56 Å². The molecule has 2 aromatic carbocycles. The van der Waals surface area contributed by atoms with Crippen molar-refractivity contribution < 1.29 is 14.3 Å². The lowest BCUT2D eigenvalue weighted by Crippen LogP contribution is -2.32. The third-order valence-electron chi connectivity index (χ3n) is 3.95. The minimum absolute atomic E-state index is 0.347. The Morgan fingerprint density at radius 2 is 1.85 bits per heavy atom. The number of amides is 1. The van der Waals surface area contributed by atoms with Crippen LogP contribution >= 0.6 is 0 Å². The van der Waals surface area contributed by atoms with E-state index in [-0.39, 0.29) is 5.91 Å². The number of hydrogen-bond acceptors (Lipinski definition) is 5. The van der Waals surface area contributed by atoms with Crippen LogP contribution in [0.3, 0.4) is 0 Å². The third kappa shape index (κ3) is 5.01. The van der Waals surface area contributed by atoms with Crippen molar-refractivity contribution in [2.24, 2.45) is 0 Å². The largest absolute Gasteiger partial charge is 0.449 e. The molecule has 1 aromatic heterocycles. The van der Waals surface area contributed by atoms with Gasteiger partial charge in [0.15, 0.2) is 6.10 Å². The number of aromatic nitrogens is 3. The molecule has 1 heterocycles. The smallest absolute Gasteiger partial charge is 0.338 e. The number of ether oxygens (including phenoxy) is 1. The minimum Gasteiger partial charge on any atom is -0.449 e. The SMILES string of the molecule is CCC(OC(=O)c1ccc(Cn2cncn2)cc1)C(=O)Nc1ccccc1. The lowest BCUT2D eigenvalue weighted by atomic mass is 10.1. The van der Waals surface area contributed by atoms with Gasteiger partial charge in [-0.05, 0) is 36.2 Å². The molecule has 3 aromatic rings. The van der Waals surface area contributed by atoms with Crippen LogP contribution in [0.15, 0.2) is 67.3 Å². The molecule has 0 aliphatic heterocycles. The predicted molar refractivity (Wildman–Crippen MR) is 100 cm³/mol. The highest BCUT2D eigenvalue weighted by molar-refractivity contribution is 5.97. The number of rotatable bonds is 7. The Morgan fingerprint density at radius 3 is 2.48 bits per heavy atom. The first-order valence-corrected chi connectivity index (χ1v) is 8.64. The lowest BCUT2D eigenvalue weighted by Gasteiger charge is -2.16. The van der Waals surface area contributed by atoms with Gasteiger partial charge in [-0.1, -0.05) is 37.3 Å². The van der Waals surface area contributed by atoms with Gasteiger partial charge in [-0.3, -0.25) is 4.79 Å². The van der Waals surface area contributed by atoms with Gasteiger partial charge in [0.25, 0.3) is 5.91 Å². The first-order valence-electron chi connectivity index (χ1n) is 8.64. The molecule has 0 aliphatic carbocycles. The number of carbonyl (C=O) groups excluding carboxylic acids is 2. The number of nitrogens with one attached hydrogen (secondary N) is 1. The van der Waals surface area contributed by atoms with Crippen molar-refractivity contribution in [2.45, 2.75) is 26.0 Å². The summed E-state index contributed by atoms with van der Waals surface area (Å²) in [5.41, 5.74) is 2.03. The molecule has 0 bridgehead atoms. The summed E-state index contributed by atoms with van der Waals surface area (Å²) in [6.45, 7) is 2.36. The molecule has 3 rings (SSSR count). The van der Waals surface area contributed by atoms with Crippen molar-refractivity contribution in [1.29, 1.82) is 0 Å². The number of carbonyl (C=O) groups is 2. The number of benzene rings is 2. The Labute approximate surface area is 157 Å². The van der Waals surface area contributed by atoms with E-state index in [2.05, 4.69) is 15.4 Å². The molecule has 0 saturated heterocycles. The van der Waals surface area contributed by atoms with Gasteiger partial charge in [0, 0.05) is 5.69 Å². The van der Waals surface area contributed by atoms with Crippen molar-refractivity contribution in [2.75, 3.05) is 5.32 Å². The summed E-state index contributed by atoms with van der Waals surface area (Å²) in [6.07, 6.45) is 2.62. The number of nitrogens with zero attached hydrogens (tertiary/aromatic N) is 3. The summed E-state index contributed by atoms with van der Waals surface area (Å²) in [6, 6.07) is 16.1. The first kappa shape index (κ1) is 18.3. The molecule has 7 nitrogen and oxygen atoms in total. The molecule has 0 fully saturated rings. The van der Waals surface area contributed by atoms with E-state index in [9.17, 15) is 9.59 Å². The summed E-state index contributed by atoms with van der Waals surface area (Å²) in [7, 11) is 0. The van der Waals surface area contributed by atoms with Gasteiger partial charge in [0.2, 0.25) is 0 Å². The first-order chi connectivity index (χ1) is 13.2. The average Bonchev–Trinajstić information content (AvgIpc) is 3.20. The van der Waals surface area contributed by atoms with Crippen LogP contribution in [0.2, 0.25) is 0 Å². The van der Waals surface area contributed by atoms with Crippen LogP contribution in [-0.4, -0.2) is 32.7 Å². The van der Waals surface area contributed by atoms with Crippen LogP contribution in [0.5, 0.6) is 0 Å². The molecule has 27 heavy (non-hydrogen) atoms. The minimum atomic E-state index is -0.854. The summed E-state index contributed by atoms with van der Waals surface area (Å²) < 4.78 is 7.08. The molecule has 0 saturated carbocycles. The maximum atomic E-state index is 12.4. The number of para-hydroxylation sites is 1. The zero-order chi connectivity index (χ0) is 19.1. The highest BCUT2D eigenvalue weighted by Crippen LogP contribution is 2.12. The highest BCUT2D eigenvalue weighted by Gasteiger charge is 2.22. The fourth-order valence-electron chi connectivity index (χ4n) is 2.51. The molecule has 1 atom stereocenters. The molecule has 1 N–H and O–H groups in total. The molecule has 0 spiro atoms. The maximum Gasteiger partial charge on any atom is 0.338 e. The van der Waals surface area contributed by atoms with Gasteiger partial charge < -0.3 is 10.1 Å². The van der Waals surface area contributed by atoms with Gasteiger partial charge in [-0.2, -0.15) is 5.10 Å². The van der Waals surface area contributed by atoms with E-state index >= 15 is 0 Å². The molecule has 7 heteroatoms. The quantitative estimate of drug-likeness (QED) is 0.652. The molecular weight excluding hydrogens is 344 g/mol. The fraction of sp³-hybridized carbons (Fsp3) is 0.200. The summed E-state index contributed by atoms with van der Waals surface area (Å²) in [4.78, 5) is 28.6. The zero-order valence-corrected chi connectivity index (χ0v) is 14.9. The Kier molecular flexibility index (Phi) is 5.94. The van der Waals surface area contributed by atoms with E-state index in [1.165, 1.54) is 6.33 Å². The van der Waals surface area contributed by atoms with Crippen LogP contribution in [0.1, 0.15) is 29.3 Å². The average molecular weight is 364 g/mol. The van der Waals surface area contributed by atoms with Crippen molar-refractivity contribution in [1.82, 2.24) is 14.8 Å². The van der Waals surface area contributed by atoms with Crippen molar-refractivity contribution in [3.05, 3.63) is 78.4 Å². The molecule has 1 unspecified atom stereocenters. The fourth-order valence-corrected chi connectivity index (χ4v) is 2.51. The van der Waals surface area contributed by atoms with Crippen molar-refractivity contribution in [3.8, 4) is 0 Å². The maximum absolute atomic E-state index is 12.4. The molecule has 1 amide bonds. The zero-order valence-electron chi connectivity index (χ0n) is 14.9. The number of anilines is 1. The van der Waals surface area contributed by atoms with E-state index in [1.807, 2.05) is 30.3 Å². The Balaban J connectivity index is 1.59. The molecular formula is C20H20N4O3. The van der Waals surface area contributed by atoms with E-state index in [1.54, 1.807) is 42.2 Å². The normalized spacial score (nSPS) is 11.6.